The maximum Gasteiger partial charge on any atom is 0.343 e. The summed E-state index contributed by atoms with van der Waals surface area (Å²) in [5, 5.41) is 0. The van der Waals surface area contributed by atoms with Crippen LogP contribution in [0.25, 0.3) is 0 Å². The summed E-state index contributed by atoms with van der Waals surface area (Å²) in [4.78, 5) is 12.4. The molecule has 0 amide bonds. The van der Waals surface area contributed by atoms with E-state index in [0.717, 1.165) is 5.56 Å². The molecule has 0 fully saturated rings. The molecule has 2 aromatic carbocycles. The summed E-state index contributed by atoms with van der Waals surface area (Å²) in [6.45, 7) is 2.02. The first kappa shape index (κ1) is 15.0. The van der Waals surface area contributed by atoms with Crippen molar-refractivity contribution in [1.29, 1.82) is 0 Å². The van der Waals surface area contributed by atoms with Gasteiger partial charge >= 0.3 is 5.97 Å². The van der Waals surface area contributed by atoms with Crippen LogP contribution in [0.15, 0.2) is 30.3 Å². The van der Waals surface area contributed by atoms with Gasteiger partial charge in [-0.25, -0.2) is 4.79 Å². The Kier molecular flexibility index (Phi) is 3.97. The molecule has 0 saturated carbocycles. The van der Waals surface area contributed by atoms with Crippen molar-refractivity contribution < 1.29 is 28.5 Å². The molecule has 0 saturated heterocycles. The van der Waals surface area contributed by atoms with Crippen molar-refractivity contribution in [3.8, 4) is 28.7 Å². The molecule has 1 aliphatic heterocycles. The topological polar surface area (TPSA) is 63.2 Å². The summed E-state index contributed by atoms with van der Waals surface area (Å²) in [7, 11) is 3.07. The Hall–Kier alpha value is -2.89. The Labute approximate surface area is 133 Å². The van der Waals surface area contributed by atoms with E-state index in [-0.39, 0.29) is 6.79 Å². The molecule has 0 N–H and O–H groups in total. The fraction of sp³-hybridized carbons (Fsp3) is 0.235. The fourth-order valence-electron chi connectivity index (χ4n) is 2.31. The van der Waals surface area contributed by atoms with Gasteiger partial charge in [0.25, 0.3) is 0 Å². The van der Waals surface area contributed by atoms with Gasteiger partial charge in [0.2, 0.25) is 6.79 Å². The Morgan fingerprint density at radius 2 is 1.65 bits per heavy atom. The van der Waals surface area contributed by atoms with Crippen molar-refractivity contribution in [2.24, 2.45) is 0 Å². The molecule has 0 atom stereocenters. The number of carbonyl (C=O) groups is 1. The highest BCUT2D eigenvalue weighted by Crippen LogP contribution is 2.35. The minimum absolute atomic E-state index is 0.166. The number of methoxy groups -OCH3 is 2. The van der Waals surface area contributed by atoms with Gasteiger partial charge in [0.1, 0.15) is 17.2 Å². The van der Waals surface area contributed by atoms with Crippen molar-refractivity contribution >= 4 is 5.97 Å². The van der Waals surface area contributed by atoms with Gasteiger partial charge in [-0.1, -0.05) is 0 Å². The van der Waals surface area contributed by atoms with Crippen molar-refractivity contribution in [1.82, 2.24) is 0 Å². The highest BCUT2D eigenvalue weighted by Gasteiger charge is 2.18. The van der Waals surface area contributed by atoms with Crippen LogP contribution in [0.5, 0.6) is 28.7 Å². The maximum absolute atomic E-state index is 12.4. The molecule has 0 bridgehead atoms. The Bertz CT molecular complexity index is 728. The average Bonchev–Trinajstić information content (AvgIpc) is 3.02. The quantitative estimate of drug-likeness (QED) is 0.638. The molecule has 0 radical (unpaired) electrons. The molecule has 1 aliphatic rings. The van der Waals surface area contributed by atoms with Gasteiger partial charge in [-0.05, 0) is 31.2 Å². The largest absolute Gasteiger partial charge is 0.496 e. The van der Waals surface area contributed by atoms with Crippen molar-refractivity contribution in [2.75, 3.05) is 21.0 Å². The van der Waals surface area contributed by atoms with Gasteiger partial charge in [0.05, 0.1) is 19.8 Å². The van der Waals surface area contributed by atoms with Crippen LogP contribution in [-0.4, -0.2) is 27.0 Å². The predicted octanol–water partition coefficient (Wildman–Crippen LogP) is 2.96. The van der Waals surface area contributed by atoms with E-state index in [1.807, 2.05) is 6.92 Å². The van der Waals surface area contributed by atoms with E-state index < -0.39 is 5.97 Å². The van der Waals surface area contributed by atoms with E-state index in [1.165, 1.54) is 14.2 Å². The second-order valence-electron chi connectivity index (χ2n) is 4.91. The Balaban J connectivity index is 1.86. The zero-order chi connectivity index (χ0) is 16.4. The average molecular weight is 316 g/mol. The summed E-state index contributed by atoms with van der Waals surface area (Å²) in [6.07, 6.45) is 0. The molecule has 23 heavy (non-hydrogen) atoms. The van der Waals surface area contributed by atoms with E-state index >= 15 is 0 Å². The van der Waals surface area contributed by atoms with Gasteiger partial charge in [0, 0.05) is 11.6 Å². The second kappa shape index (κ2) is 6.08. The number of carbonyl (C=O) groups excluding carboxylic acids is 1. The van der Waals surface area contributed by atoms with E-state index in [0.29, 0.717) is 34.3 Å². The molecule has 0 aliphatic carbocycles. The maximum atomic E-state index is 12.4. The lowest BCUT2D eigenvalue weighted by atomic mass is 10.1. The lowest BCUT2D eigenvalue weighted by Crippen LogP contribution is -2.09. The molecule has 0 unspecified atom stereocenters. The van der Waals surface area contributed by atoms with Gasteiger partial charge in [0.15, 0.2) is 11.5 Å². The zero-order valence-electron chi connectivity index (χ0n) is 13.0. The standard InChI is InChI=1S/C17H16O6/c1-10-14(19-2)6-11(7-15(10)20-3)17(18)23-12-4-5-13-16(8-12)22-9-21-13/h4-8H,9H2,1-3H3. The molecule has 3 rings (SSSR count). The van der Waals surface area contributed by atoms with Crippen LogP contribution in [0.3, 0.4) is 0 Å². The Morgan fingerprint density at radius 1 is 1.00 bits per heavy atom. The highest BCUT2D eigenvalue weighted by molar-refractivity contribution is 5.92. The molecule has 0 spiro atoms. The summed E-state index contributed by atoms with van der Waals surface area (Å²) in [6, 6.07) is 8.19. The molecule has 6 heteroatoms. The predicted molar refractivity (Wildman–Crippen MR) is 81.8 cm³/mol. The molecule has 1 heterocycles. The molecular weight excluding hydrogens is 300 g/mol. The minimum atomic E-state index is -0.513. The molecule has 120 valence electrons. The van der Waals surface area contributed by atoms with Gasteiger partial charge in [-0.3, -0.25) is 0 Å². The van der Waals surface area contributed by atoms with Gasteiger partial charge < -0.3 is 23.7 Å². The summed E-state index contributed by atoms with van der Waals surface area (Å²) >= 11 is 0. The monoisotopic (exact) mass is 316 g/mol. The second-order valence-corrected chi connectivity index (χ2v) is 4.91. The van der Waals surface area contributed by atoms with Crippen molar-refractivity contribution in [2.45, 2.75) is 6.92 Å². The Morgan fingerprint density at radius 3 is 2.30 bits per heavy atom. The van der Waals surface area contributed by atoms with Crippen LogP contribution >= 0.6 is 0 Å². The number of hydrogen-bond donors (Lipinski definition) is 0. The van der Waals surface area contributed by atoms with Crippen LogP contribution in [0.2, 0.25) is 0 Å². The highest BCUT2D eigenvalue weighted by atomic mass is 16.7. The van der Waals surface area contributed by atoms with E-state index in [4.69, 9.17) is 23.7 Å². The fourth-order valence-corrected chi connectivity index (χ4v) is 2.31. The van der Waals surface area contributed by atoms with Crippen LogP contribution in [0.1, 0.15) is 15.9 Å². The number of rotatable bonds is 4. The first-order valence-corrected chi connectivity index (χ1v) is 6.97. The normalized spacial score (nSPS) is 12.0. The SMILES string of the molecule is COc1cc(C(=O)Oc2ccc3c(c2)OCO3)cc(OC)c1C. The van der Waals surface area contributed by atoms with Gasteiger partial charge in [-0.15, -0.1) is 0 Å². The summed E-state index contributed by atoms with van der Waals surface area (Å²) < 4.78 is 26.4. The first-order valence-electron chi connectivity index (χ1n) is 6.97. The zero-order valence-corrected chi connectivity index (χ0v) is 13.0. The van der Waals surface area contributed by atoms with Crippen molar-refractivity contribution in [3.05, 3.63) is 41.5 Å². The lowest BCUT2D eigenvalue weighted by Gasteiger charge is -2.12. The van der Waals surface area contributed by atoms with Crippen molar-refractivity contribution in [3.63, 3.8) is 0 Å². The van der Waals surface area contributed by atoms with Crippen LogP contribution in [0, 0.1) is 6.92 Å². The number of fused-ring (bicyclic) bond motifs is 1. The first-order chi connectivity index (χ1) is 11.1. The van der Waals surface area contributed by atoms with E-state index in [9.17, 15) is 4.79 Å². The van der Waals surface area contributed by atoms with Crippen LogP contribution in [0.4, 0.5) is 0 Å². The van der Waals surface area contributed by atoms with Crippen LogP contribution in [-0.2, 0) is 0 Å². The van der Waals surface area contributed by atoms with Gasteiger partial charge in [-0.2, -0.15) is 0 Å². The third kappa shape index (κ3) is 2.88. The minimum Gasteiger partial charge on any atom is -0.496 e. The molecule has 6 nitrogen and oxygen atoms in total. The van der Waals surface area contributed by atoms with E-state index in [1.54, 1.807) is 30.3 Å². The third-order valence-electron chi connectivity index (χ3n) is 3.54. The molecular formula is C17H16O6. The number of hydrogen-bond acceptors (Lipinski definition) is 6. The smallest absolute Gasteiger partial charge is 0.343 e. The number of ether oxygens (including phenoxy) is 5. The lowest BCUT2D eigenvalue weighted by molar-refractivity contribution is 0.0733. The van der Waals surface area contributed by atoms with Crippen LogP contribution < -0.4 is 23.7 Å². The molecule has 0 aromatic heterocycles. The molecule has 2 aromatic rings. The number of benzene rings is 2. The summed E-state index contributed by atoms with van der Waals surface area (Å²) in [5.74, 6) is 2.15. The summed E-state index contributed by atoms with van der Waals surface area (Å²) in [5.41, 5.74) is 1.15. The van der Waals surface area contributed by atoms with E-state index in [2.05, 4.69) is 0 Å². The third-order valence-corrected chi connectivity index (χ3v) is 3.54. The number of esters is 1.